The molecule has 0 unspecified atom stereocenters. The van der Waals surface area contributed by atoms with Crippen LogP contribution in [-0.2, 0) is 20.7 Å². The van der Waals surface area contributed by atoms with Gasteiger partial charge in [0.1, 0.15) is 0 Å². The fourth-order valence-electron chi connectivity index (χ4n) is 2.72. The number of amides is 1. The summed E-state index contributed by atoms with van der Waals surface area (Å²) in [7, 11) is 4.59. The van der Waals surface area contributed by atoms with E-state index in [0.29, 0.717) is 29.4 Å². The van der Waals surface area contributed by atoms with Crippen molar-refractivity contribution in [2.75, 3.05) is 26.6 Å². The van der Waals surface area contributed by atoms with Crippen LogP contribution in [-0.4, -0.2) is 39.3 Å². The van der Waals surface area contributed by atoms with Gasteiger partial charge in [0.15, 0.2) is 17.6 Å². The van der Waals surface area contributed by atoms with Crippen LogP contribution in [0.25, 0.3) is 0 Å². The average molecular weight is 401 g/mol. The van der Waals surface area contributed by atoms with E-state index in [1.807, 2.05) is 19.1 Å². The Hall–Kier alpha value is -3.22. The molecule has 0 spiro atoms. The van der Waals surface area contributed by atoms with E-state index in [1.54, 1.807) is 31.2 Å². The number of hydrogen-bond donors (Lipinski definition) is 1. The summed E-state index contributed by atoms with van der Waals surface area (Å²) in [6.07, 6.45) is -0.383. The molecule has 0 aliphatic rings. The fourth-order valence-corrected chi connectivity index (χ4v) is 2.72. The van der Waals surface area contributed by atoms with Crippen molar-refractivity contribution in [2.24, 2.45) is 0 Å². The van der Waals surface area contributed by atoms with Gasteiger partial charge in [-0.2, -0.15) is 0 Å². The minimum absolute atomic E-state index is 0.112. The van der Waals surface area contributed by atoms with Crippen LogP contribution in [0.15, 0.2) is 36.4 Å². The van der Waals surface area contributed by atoms with Crippen LogP contribution >= 0.6 is 0 Å². The second kappa shape index (κ2) is 10.4. The first-order chi connectivity index (χ1) is 13.9. The van der Waals surface area contributed by atoms with Gasteiger partial charge in [-0.05, 0) is 50.1 Å². The van der Waals surface area contributed by atoms with Crippen LogP contribution in [0.5, 0.6) is 17.2 Å². The summed E-state index contributed by atoms with van der Waals surface area (Å²) in [5.41, 5.74) is 2.57. The Morgan fingerprint density at radius 1 is 0.966 bits per heavy atom. The molecule has 156 valence electrons. The van der Waals surface area contributed by atoms with Crippen molar-refractivity contribution in [1.82, 2.24) is 0 Å². The molecule has 0 saturated carbocycles. The van der Waals surface area contributed by atoms with Gasteiger partial charge in [-0.3, -0.25) is 9.59 Å². The quantitative estimate of drug-likeness (QED) is 0.648. The first-order valence-corrected chi connectivity index (χ1v) is 9.23. The second-order valence-electron chi connectivity index (χ2n) is 6.52. The van der Waals surface area contributed by atoms with Gasteiger partial charge < -0.3 is 24.3 Å². The Morgan fingerprint density at radius 3 is 2.07 bits per heavy atom. The highest BCUT2D eigenvalue weighted by Crippen LogP contribution is 2.38. The average Bonchev–Trinajstić information content (AvgIpc) is 2.72. The molecule has 7 heteroatoms. The molecule has 29 heavy (non-hydrogen) atoms. The zero-order valence-electron chi connectivity index (χ0n) is 17.4. The van der Waals surface area contributed by atoms with Gasteiger partial charge in [0, 0.05) is 12.1 Å². The monoisotopic (exact) mass is 401 g/mol. The molecule has 7 nitrogen and oxygen atoms in total. The third-order valence-corrected chi connectivity index (χ3v) is 4.34. The summed E-state index contributed by atoms with van der Waals surface area (Å²) in [6, 6.07) is 10.9. The fraction of sp³-hybridized carbons (Fsp3) is 0.364. The molecule has 0 fully saturated rings. The molecule has 0 aliphatic carbocycles. The molecule has 0 bridgehead atoms. The highest BCUT2D eigenvalue weighted by Gasteiger charge is 2.19. The van der Waals surface area contributed by atoms with Crippen molar-refractivity contribution in [3.63, 3.8) is 0 Å². The van der Waals surface area contributed by atoms with Gasteiger partial charge in [0.25, 0.3) is 5.91 Å². The maximum atomic E-state index is 12.2. The van der Waals surface area contributed by atoms with E-state index in [2.05, 4.69) is 5.32 Å². The molecule has 2 aromatic carbocycles. The highest BCUT2D eigenvalue weighted by molar-refractivity contribution is 5.95. The van der Waals surface area contributed by atoms with E-state index in [9.17, 15) is 9.59 Å². The van der Waals surface area contributed by atoms with Gasteiger partial charge >= 0.3 is 5.97 Å². The van der Waals surface area contributed by atoms with Crippen molar-refractivity contribution in [2.45, 2.75) is 32.8 Å². The molecule has 1 N–H and O–H groups in total. The number of anilines is 1. The van der Waals surface area contributed by atoms with Crippen LogP contribution in [0.3, 0.4) is 0 Å². The second-order valence-corrected chi connectivity index (χ2v) is 6.52. The normalized spacial score (nSPS) is 11.3. The number of carbonyl (C=O) groups is 2. The highest BCUT2D eigenvalue weighted by atomic mass is 16.5. The lowest BCUT2D eigenvalue weighted by molar-refractivity contribution is -0.153. The largest absolute Gasteiger partial charge is 0.493 e. The van der Waals surface area contributed by atoms with Crippen molar-refractivity contribution in [1.29, 1.82) is 0 Å². The number of ether oxygens (including phenoxy) is 4. The molecule has 2 rings (SSSR count). The zero-order chi connectivity index (χ0) is 21.4. The molecular weight excluding hydrogens is 374 g/mol. The lowest BCUT2D eigenvalue weighted by Crippen LogP contribution is -2.30. The predicted molar refractivity (Wildman–Crippen MR) is 110 cm³/mol. The Balaban J connectivity index is 1.92. The van der Waals surface area contributed by atoms with E-state index in [-0.39, 0.29) is 12.3 Å². The van der Waals surface area contributed by atoms with Gasteiger partial charge in [-0.15, -0.1) is 0 Å². The van der Waals surface area contributed by atoms with Crippen molar-refractivity contribution in [3.8, 4) is 17.2 Å². The molecule has 2 aromatic rings. The molecule has 0 aromatic heterocycles. The van der Waals surface area contributed by atoms with Crippen LogP contribution < -0.4 is 19.5 Å². The number of rotatable bonds is 9. The number of hydrogen-bond acceptors (Lipinski definition) is 6. The molecule has 0 aliphatic heterocycles. The van der Waals surface area contributed by atoms with Crippen LogP contribution in [0.2, 0.25) is 0 Å². The third-order valence-electron chi connectivity index (χ3n) is 4.34. The summed E-state index contributed by atoms with van der Waals surface area (Å²) >= 11 is 0. The van der Waals surface area contributed by atoms with E-state index < -0.39 is 12.1 Å². The molecular formula is C22H27NO6. The van der Waals surface area contributed by atoms with Crippen molar-refractivity contribution < 1.29 is 28.5 Å². The lowest BCUT2D eigenvalue weighted by Gasteiger charge is -2.15. The van der Waals surface area contributed by atoms with Crippen LogP contribution in [0.4, 0.5) is 5.69 Å². The van der Waals surface area contributed by atoms with E-state index in [0.717, 1.165) is 11.1 Å². The molecule has 1 amide bonds. The van der Waals surface area contributed by atoms with Crippen molar-refractivity contribution in [3.05, 3.63) is 47.5 Å². The Labute approximate surface area is 170 Å². The zero-order valence-corrected chi connectivity index (χ0v) is 17.4. The SMILES string of the molecule is COc1cc(CCC(=O)O[C@@H](C)C(=O)Nc2ccc(C)cc2)cc(OC)c1OC. The molecule has 0 saturated heterocycles. The molecule has 0 radical (unpaired) electrons. The summed E-state index contributed by atoms with van der Waals surface area (Å²) in [4.78, 5) is 24.4. The molecule has 1 atom stereocenters. The summed E-state index contributed by atoms with van der Waals surface area (Å²) in [5, 5.41) is 2.73. The van der Waals surface area contributed by atoms with Gasteiger partial charge in [-0.25, -0.2) is 0 Å². The number of esters is 1. The van der Waals surface area contributed by atoms with Crippen molar-refractivity contribution >= 4 is 17.6 Å². The smallest absolute Gasteiger partial charge is 0.306 e. The van der Waals surface area contributed by atoms with Crippen LogP contribution in [0, 0.1) is 6.92 Å². The number of aryl methyl sites for hydroxylation is 2. The first-order valence-electron chi connectivity index (χ1n) is 9.23. The third kappa shape index (κ3) is 6.14. The summed E-state index contributed by atoms with van der Waals surface area (Å²) in [5.74, 6) is 0.671. The Kier molecular flexibility index (Phi) is 7.88. The topological polar surface area (TPSA) is 83.1 Å². The maximum Gasteiger partial charge on any atom is 0.306 e. The molecule has 0 heterocycles. The minimum Gasteiger partial charge on any atom is -0.493 e. The van der Waals surface area contributed by atoms with Gasteiger partial charge in [-0.1, -0.05) is 17.7 Å². The minimum atomic E-state index is -0.899. The van der Waals surface area contributed by atoms with Gasteiger partial charge in [0.2, 0.25) is 5.75 Å². The van der Waals surface area contributed by atoms with E-state index >= 15 is 0 Å². The Morgan fingerprint density at radius 2 is 1.55 bits per heavy atom. The summed E-state index contributed by atoms with van der Waals surface area (Å²) < 4.78 is 21.2. The number of benzene rings is 2. The number of nitrogens with one attached hydrogen (secondary N) is 1. The lowest BCUT2D eigenvalue weighted by atomic mass is 10.1. The Bertz CT molecular complexity index is 822. The summed E-state index contributed by atoms with van der Waals surface area (Å²) in [6.45, 7) is 3.50. The van der Waals surface area contributed by atoms with E-state index in [1.165, 1.54) is 21.3 Å². The van der Waals surface area contributed by atoms with E-state index in [4.69, 9.17) is 18.9 Å². The number of methoxy groups -OCH3 is 3. The first kappa shape index (κ1) is 22.1. The van der Waals surface area contributed by atoms with Crippen LogP contribution in [0.1, 0.15) is 24.5 Å². The predicted octanol–water partition coefficient (Wildman–Crippen LogP) is 3.52. The standard InChI is InChI=1S/C22H27NO6/c1-14-6-9-17(10-7-14)23-22(25)15(2)29-20(24)11-8-16-12-18(26-3)21(28-5)19(13-16)27-4/h6-7,9-10,12-13,15H,8,11H2,1-5H3,(H,23,25)/t15-/m0/s1. The number of carbonyl (C=O) groups excluding carboxylic acids is 2. The van der Waals surface area contributed by atoms with Gasteiger partial charge in [0.05, 0.1) is 21.3 Å². The maximum absolute atomic E-state index is 12.2.